The first-order valence-corrected chi connectivity index (χ1v) is 12.0. The summed E-state index contributed by atoms with van der Waals surface area (Å²) in [4.78, 5) is 27.3. The second kappa shape index (κ2) is 12.9. The van der Waals surface area contributed by atoms with Gasteiger partial charge in [0.15, 0.2) is 0 Å². The van der Waals surface area contributed by atoms with Crippen LogP contribution in [-0.4, -0.2) is 41.6 Å². The smallest absolute Gasteiger partial charge is 0.324 e. The first kappa shape index (κ1) is 23.8. The minimum Gasteiger partial charge on any atom is -0.481 e. The van der Waals surface area contributed by atoms with Crippen molar-refractivity contribution in [3.8, 4) is 0 Å². The molecule has 1 saturated carbocycles. The minimum absolute atomic E-state index is 0.0289. The van der Waals surface area contributed by atoms with Crippen molar-refractivity contribution in [2.24, 2.45) is 5.92 Å². The van der Waals surface area contributed by atoms with Gasteiger partial charge in [0.1, 0.15) is 0 Å². The van der Waals surface area contributed by atoms with Gasteiger partial charge in [0.25, 0.3) is 0 Å². The van der Waals surface area contributed by atoms with Gasteiger partial charge in [0, 0.05) is 25.3 Å². The van der Waals surface area contributed by atoms with Gasteiger partial charge >= 0.3 is 12.0 Å². The third-order valence-corrected chi connectivity index (χ3v) is 6.35. The Morgan fingerprint density at radius 2 is 1.38 bits per heavy atom. The molecular weight excluding hydrogens is 400 g/mol. The number of carboxylic acid groups (broad SMARTS) is 1. The van der Waals surface area contributed by atoms with Gasteiger partial charge < -0.3 is 10.0 Å². The van der Waals surface area contributed by atoms with E-state index in [0.717, 1.165) is 63.7 Å². The molecule has 172 valence electrons. The fourth-order valence-corrected chi connectivity index (χ4v) is 4.43. The van der Waals surface area contributed by atoms with Gasteiger partial charge in [-0.25, -0.2) is 4.79 Å². The van der Waals surface area contributed by atoms with Crippen LogP contribution in [-0.2, 0) is 11.2 Å². The van der Waals surface area contributed by atoms with Crippen LogP contribution >= 0.6 is 0 Å². The van der Waals surface area contributed by atoms with Crippen LogP contribution in [0.25, 0.3) is 0 Å². The Hall–Kier alpha value is -2.82. The molecular formula is C27H36N2O3. The highest BCUT2D eigenvalue weighted by molar-refractivity contribution is 5.92. The number of aliphatic carboxylic acids is 1. The van der Waals surface area contributed by atoms with Crippen LogP contribution in [0.4, 0.5) is 10.5 Å². The number of piperidine rings is 1. The number of carbonyl (C=O) groups excluding carboxylic acids is 1. The maximum absolute atomic E-state index is 13.0. The van der Waals surface area contributed by atoms with Gasteiger partial charge in [-0.15, -0.1) is 0 Å². The molecule has 2 aromatic rings. The van der Waals surface area contributed by atoms with Gasteiger partial charge in [0.05, 0.1) is 5.92 Å². The van der Waals surface area contributed by atoms with Crippen LogP contribution in [0.15, 0.2) is 60.7 Å². The standard InChI is InChI=1S/C20H24N2O.C7H12O2/c23-20(21-15-8-3-9-16-21)22(19-12-6-2-7-13-19)17-14-18-10-4-1-5-11-18;8-7(9)6-4-2-1-3-5-6/h1-2,4-7,10-13H,3,8-9,14-17H2;6H,1-5H2,(H,8,9). The second-order valence-electron chi connectivity index (χ2n) is 8.73. The molecule has 5 heteroatoms. The highest BCUT2D eigenvalue weighted by atomic mass is 16.4. The van der Waals surface area contributed by atoms with Crippen molar-refractivity contribution in [3.63, 3.8) is 0 Å². The molecule has 1 saturated heterocycles. The van der Waals surface area contributed by atoms with E-state index in [4.69, 9.17) is 5.11 Å². The second-order valence-corrected chi connectivity index (χ2v) is 8.73. The number of rotatable bonds is 5. The Labute approximate surface area is 192 Å². The summed E-state index contributed by atoms with van der Waals surface area (Å²) in [7, 11) is 0. The topological polar surface area (TPSA) is 60.9 Å². The number of nitrogens with zero attached hydrogens (tertiary/aromatic N) is 2. The van der Waals surface area contributed by atoms with E-state index in [1.807, 2.05) is 46.2 Å². The van der Waals surface area contributed by atoms with Crippen LogP contribution < -0.4 is 4.90 Å². The molecule has 5 nitrogen and oxygen atoms in total. The van der Waals surface area contributed by atoms with E-state index in [2.05, 4.69) is 24.3 Å². The first-order valence-electron chi connectivity index (χ1n) is 12.0. The molecule has 32 heavy (non-hydrogen) atoms. The van der Waals surface area contributed by atoms with E-state index in [0.29, 0.717) is 6.54 Å². The van der Waals surface area contributed by atoms with Crippen molar-refractivity contribution in [3.05, 3.63) is 66.2 Å². The summed E-state index contributed by atoms with van der Waals surface area (Å²) in [6, 6.07) is 20.5. The quantitative estimate of drug-likeness (QED) is 0.626. The summed E-state index contributed by atoms with van der Waals surface area (Å²) in [5.41, 5.74) is 2.25. The number of likely N-dealkylation sites (tertiary alicyclic amines) is 1. The van der Waals surface area contributed by atoms with Crippen molar-refractivity contribution in [1.82, 2.24) is 4.90 Å². The third-order valence-electron chi connectivity index (χ3n) is 6.35. The number of hydrogen-bond donors (Lipinski definition) is 1. The Balaban J connectivity index is 0.000000269. The Morgan fingerprint density at radius 1 is 0.812 bits per heavy atom. The first-order chi connectivity index (χ1) is 15.6. The van der Waals surface area contributed by atoms with Crippen molar-refractivity contribution in [2.75, 3.05) is 24.5 Å². The summed E-state index contributed by atoms with van der Waals surface area (Å²) in [6.45, 7) is 2.48. The summed E-state index contributed by atoms with van der Waals surface area (Å²) < 4.78 is 0. The fourth-order valence-electron chi connectivity index (χ4n) is 4.43. The van der Waals surface area contributed by atoms with Gasteiger partial charge in [-0.1, -0.05) is 67.8 Å². The zero-order valence-electron chi connectivity index (χ0n) is 19.0. The summed E-state index contributed by atoms with van der Waals surface area (Å²) in [5, 5.41) is 8.54. The lowest BCUT2D eigenvalue weighted by atomic mass is 9.90. The Kier molecular flexibility index (Phi) is 9.60. The monoisotopic (exact) mass is 436 g/mol. The summed E-state index contributed by atoms with van der Waals surface area (Å²) >= 11 is 0. The lowest BCUT2D eigenvalue weighted by Gasteiger charge is -2.33. The number of para-hydroxylation sites is 1. The van der Waals surface area contributed by atoms with Crippen LogP contribution in [0.2, 0.25) is 0 Å². The zero-order valence-corrected chi connectivity index (χ0v) is 19.0. The van der Waals surface area contributed by atoms with Crippen molar-refractivity contribution >= 4 is 17.7 Å². The zero-order chi connectivity index (χ0) is 22.6. The van der Waals surface area contributed by atoms with Gasteiger partial charge in [-0.3, -0.25) is 9.69 Å². The number of carboxylic acids is 1. The minimum atomic E-state index is -0.602. The van der Waals surface area contributed by atoms with E-state index < -0.39 is 5.97 Å². The lowest BCUT2D eigenvalue weighted by Crippen LogP contribution is -2.46. The molecule has 0 atom stereocenters. The number of urea groups is 1. The summed E-state index contributed by atoms with van der Waals surface area (Å²) in [6.07, 6.45) is 9.58. The molecule has 2 fully saturated rings. The van der Waals surface area contributed by atoms with Crippen molar-refractivity contribution < 1.29 is 14.7 Å². The molecule has 0 radical (unpaired) electrons. The fraction of sp³-hybridized carbons (Fsp3) is 0.481. The predicted octanol–water partition coefficient (Wildman–Crippen LogP) is 5.99. The number of anilines is 1. The van der Waals surface area contributed by atoms with Crippen molar-refractivity contribution in [1.29, 1.82) is 0 Å². The molecule has 0 aromatic heterocycles. The van der Waals surface area contributed by atoms with E-state index in [-0.39, 0.29) is 11.9 Å². The molecule has 2 aliphatic rings. The molecule has 4 rings (SSSR count). The lowest BCUT2D eigenvalue weighted by molar-refractivity contribution is -0.142. The molecule has 0 bridgehead atoms. The molecule has 1 aliphatic heterocycles. The average molecular weight is 437 g/mol. The Morgan fingerprint density at radius 3 is 1.94 bits per heavy atom. The van der Waals surface area contributed by atoms with Gasteiger partial charge in [-0.2, -0.15) is 0 Å². The molecule has 1 heterocycles. The molecule has 2 amide bonds. The highest BCUT2D eigenvalue weighted by Crippen LogP contribution is 2.23. The maximum Gasteiger partial charge on any atom is 0.324 e. The normalized spacial score (nSPS) is 16.6. The third kappa shape index (κ3) is 7.40. The van der Waals surface area contributed by atoms with Crippen molar-refractivity contribution in [2.45, 2.75) is 57.8 Å². The molecule has 1 N–H and O–H groups in total. The number of hydrogen-bond acceptors (Lipinski definition) is 2. The average Bonchev–Trinajstić information content (AvgIpc) is 2.87. The Bertz CT molecular complexity index is 813. The van der Waals surface area contributed by atoms with Gasteiger partial charge in [-0.05, 0) is 56.2 Å². The highest BCUT2D eigenvalue weighted by Gasteiger charge is 2.23. The van der Waals surface area contributed by atoms with E-state index in [1.165, 1.54) is 18.4 Å². The van der Waals surface area contributed by atoms with Gasteiger partial charge in [0.2, 0.25) is 0 Å². The molecule has 0 unspecified atom stereocenters. The molecule has 2 aromatic carbocycles. The summed E-state index contributed by atoms with van der Waals surface area (Å²) in [5.74, 6) is -0.631. The largest absolute Gasteiger partial charge is 0.481 e. The van der Waals surface area contributed by atoms with Crippen LogP contribution in [0.1, 0.15) is 56.9 Å². The number of amides is 2. The predicted molar refractivity (Wildman–Crippen MR) is 129 cm³/mol. The van der Waals surface area contributed by atoms with Crippen LogP contribution in [0.3, 0.4) is 0 Å². The van der Waals surface area contributed by atoms with E-state index in [9.17, 15) is 9.59 Å². The van der Waals surface area contributed by atoms with Crippen LogP contribution in [0.5, 0.6) is 0 Å². The number of carbonyl (C=O) groups is 2. The molecule has 0 spiro atoms. The molecule has 1 aliphatic carbocycles. The maximum atomic E-state index is 13.0. The SMILES string of the molecule is O=C(N1CCCCC1)N(CCc1ccccc1)c1ccccc1.O=C(O)C1CCCCC1. The van der Waals surface area contributed by atoms with Crippen LogP contribution in [0, 0.1) is 5.92 Å². The number of benzene rings is 2. The van der Waals surface area contributed by atoms with E-state index >= 15 is 0 Å². The van der Waals surface area contributed by atoms with E-state index in [1.54, 1.807) is 0 Å².